The minimum Gasteiger partial charge on any atom is -0.508 e. The summed E-state index contributed by atoms with van der Waals surface area (Å²) in [6.07, 6.45) is 1.30. The fourth-order valence-corrected chi connectivity index (χ4v) is 3.07. The van der Waals surface area contributed by atoms with E-state index in [-0.39, 0.29) is 34.9 Å². The molecule has 0 unspecified atom stereocenters. The molecular formula is C18H26N2O5. The summed E-state index contributed by atoms with van der Waals surface area (Å²) in [6, 6.07) is 2.19. The lowest BCUT2D eigenvalue weighted by Crippen LogP contribution is -2.49. The second-order valence-electron chi connectivity index (χ2n) is 6.88. The number of aliphatic carboxylic acids is 1. The SMILES string of the molecule is CC(C)c1cc(C(=O)N2CCC(N[C@@H](C)C(=O)O)CC2)c(O)cc1O. The maximum atomic E-state index is 12.7. The van der Waals surface area contributed by atoms with Crippen molar-refractivity contribution < 1.29 is 24.9 Å². The normalized spacial score (nSPS) is 16.9. The van der Waals surface area contributed by atoms with Gasteiger partial charge in [-0.3, -0.25) is 9.59 Å². The summed E-state index contributed by atoms with van der Waals surface area (Å²) in [7, 11) is 0. The topological polar surface area (TPSA) is 110 Å². The van der Waals surface area contributed by atoms with Crippen LogP contribution in [0.3, 0.4) is 0 Å². The van der Waals surface area contributed by atoms with E-state index >= 15 is 0 Å². The van der Waals surface area contributed by atoms with E-state index < -0.39 is 12.0 Å². The van der Waals surface area contributed by atoms with Crippen LogP contribution in [0, 0.1) is 0 Å². The predicted octanol–water partition coefficient (Wildman–Crippen LogP) is 1.89. The molecule has 1 aliphatic heterocycles. The largest absolute Gasteiger partial charge is 0.508 e. The number of phenols is 2. The van der Waals surface area contributed by atoms with Gasteiger partial charge in [0, 0.05) is 25.2 Å². The highest BCUT2D eigenvalue weighted by atomic mass is 16.4. The van der Waals surface area contributed by atoms with E-state index in [0.29, 0.717) is 31.5 Å². The lowest BCUT2D eigenvalue weighted by Gasteiger charge is -2.33. The van der Waals surface area contributed by atoms with Gasteiger partial charge in [-0.1, -0.05) is 13.8 Å². The number of nitrogens with one attached hydrogen (secondary N) is 1. The molecule has 0 aliphatic carbocycles. The predicted molar refractivity (Wildman–Crippen MR) is 93.0 cm³/mol. The fraction of sp³-hybridized carbons (Fsp3) is 0.556. The molecule has 0 saturated carbocycles. The van der Waals surface area contributed by atoms with Crippen LogP contribution in [0.1, 0.15) is 55.5 Å². The molecule has 1 atom stereocenters. The lowest BCUT2D eigenvalue weighted by atomic mass is 9.97. The zero-order valence-electron chi connectivity index (χ0n) is 14.8. The number of amides is 1. The highest BCUT2D eigenvalue weighted by Gasteiger charge is 2.27. The van der Waals surface area contributed by atoms with Crippen LogP contribution < -0.4 is 5.32 Å². The summed E-state index contributed by atoms with van der Waals surface area (Å²) in [4.78, 5) is 25.3. The van der Waals surface area contributed by atoms with E-state index in [1.54, 1.807) is 17.9 Å². The third kappa shape index (κ3) is 4.42. The zero-order chi connectivity index (χ0) is 18.7. The fourth-order valence-electron chi connectivity index (χ4n) is 3.07. The number of hydrogen-bond donors (Lipinski definition) is 4. The number of likely N-dealkylation sites (tertiary alicyclic amines) is 1. The van der Waals surface area contributed by atoms with Crippen LogP contribution in [0.15, 0.2) is 12.1 Å². The number of piperidine rings is 1. The van der Waals surface area contributed by atoms with Gasteiger partial charge in [0.25, 0.3) is 5.91 Å². The van der Waals surface area contributed by atoms with Crippen LogP contribution in [0.4, 0.5) is 0 Å². The number of hydrogen-bond acceptors (Lipinski definition) is 5. The standard InChI is InChI=1S/C18H26N2O5/c1-10(2)13-8-14(16(22)9-15(13)21)17(23)20-6-4-12(5-7-20)19-11(3)18(24)25/h8-12,19,21-22H,4-7H2,1-3H3,(H,24,25)/t11-/m0/s1. The van der Waals surface area contributed by atoms with Crippen molar-refractivity contribution in [3.05, 3.63) is 23.3 Å². The van der Waals surface area contributed by atoms with Crippen LogP contribution in [0.2, 0.25) is 0 Å². The molecule has 1 aromatic rings. The Morgan fingerprint density at radius 1 is 1.12 bits per heavy atom. The molecule has 1 aromatic carbocycles. The van der Waals surface area contributed by atoms with E-state index in [1.165, 1.54) is 6.07 Å². The third-order valence-corrected chi connectivity index (χ3v) is 4.64. The van der Waals surface area contributed by atoms with Crippen LogP contribution >= 0.6 is 0 Å². The Hall–Kier alpha value is -2.28. The van der Waals surface area contributed by atoms with Crippen molar-refractivity contribution in [3.63, 3.8) is 0 Å². The van der Waals surface area contributed by atoms with Crippen LogP contribution in [0.25, 0.3) is 0 Å². The zero-order valence-corrected chi connectivity index (χ0v) is 14.8. The van der Waals surface area contributed by atoms with Crippen molar-refractivity contribution in [1.82, 2.24) is 10.2 Å². The molecule has 0 bridgehead atoms. The van der Waals surface area contributed by atoms with E-state index in [0.717, 1.165) is 0 Å². The molecule has 0 aromatic heterocycles. The van der Waals surface area contributed by atoms with Gasteiger partial charge in [0.15, 0.2) is 0 Å². The van der Waals surface area contributed by atoms with Gasteiger partial charge in [-0.15, -0.1) is 0 Å². The first-order valence-electron chi connectivity index (χ1n) is 8.54. The molecular weight excluding hydrogens is 324 g/mol. The molecule has 1 aliphatic rings. The molecule has 7 nitrogen and oxygen atoms in total. The molecule has 1 heterocycles. The van der Waals surface area contributed by atoms with Crippen molar-refractivity contribution in [2.45, 2.75) is 51.6 Å². The van der Waals surface area contributed by atoms with E-state index in [2.05, 4.69) is 5.32 Å². The van der Waals surface area contributed by atoms with E-state index in [1.807, 2.05) is 13.8 Å². The maximum absolute atomic E-state index is 12.7. The molecule has 4 N–H and O–H groups in total. The Morgan fingerprint density at radius 3 is 2.24 bits per heavy atom. The number of aromatic hydroxyl groups is 2. The molecule has 1 fully saturated rings. The van der Waals surface area contributed by atoms with E-state index in [9.17, 15) is 19.8 Å². The van der Waals surface area contributed by atoms with Crippen molar-refractivity contribution >= 4 is 11.9 Å². The van der Waals surface area contributed by atoms with Crippen molar-refractivity contribution in [1.29, 1.82) is 0 Å². The van der Waals surface area contributed by atoms with Crippen molar-refractivity contribution in [3.8, 4) is 11.5 Å². The van der Waals surface area contributed by atoms with Gasteiger partial charge in [-0.25, -0.2) is 0 Å². The number of nitrogens with zero attached hydrogens (tertiary/aromatic N) is 1. The minimum atomic E-state index is -0.895. The van der Waals surface area contributed by atoms with Gasteiger partial charge in [-0.05, 0) is 37.3 Å². The smallest absolute Gasteiger partial charge is 0.320 e. The van der Waals surface area contributed by atoms with Gasteiger partial charge in [-0.2, -0.15) is 0 Å². The molecule has 2 rings (SSSR count). The third-order valence-electron chi connectivity index (χ3n) is 4.64. The number of rotatable bonds is 5. The van der Waals surface area contributed by atoms with E-state index in [4.69, 9.17) is 5.11 Å². The highest BCUT2D eigenvalue weighted by molar-refractivity contribution is 5.97. The Balaban J connectivity index is 2.06. The summed E-state index contributed by atoms with van der Waals surface area (Å²) in [5.74, 6) is -1.39. The van der Waals surface area contributed by atoms with Gasteiger partial charge in [0.2, 0.25) is 0 Å². The second-order valence-corrected chi connectivity index (χ2v) is 6.88. The monoisotopic (exact) mass is 350 g/mol. The Labute approximate surface area is 147 Å². The molecule has 7 heteroatoms. The summed E-state index contributed by atoms with van der Waals surface area (Å²) < 4.78 is 0. The van der Waals surface area contributed by atoms with Gasteiger partial charge < -0.3 is 25.5 Å². The van der Waals surface area contributed by atoms with Gasteiger partial charge in [0.1, 0.15) is 17.5 Å². The number of carboxylic acids is 1. The van der Waals surface area contributed by atoms with Gasteiger partial charge in [0.05, 0.1) is 5.56 Å². The molecule has 0 spiro atoms. The molecule has 25 heavy (non-hydrogen) atoms. The van der Waals surface area contributed by atoms with Crippen LogP contribution in [0.5, 0.6) is 11.5 Å². The first kappa shape index (κ1) is 19.1. The number of phenolic OH excluding ortho intramolecular Hbond substituents is 2. The van der Waals surface area contributed by atoms with Crippen LogP contribution in [-0.2, 0) is 4.79 Å². The summed E-state index contributed by atoms with van der Waals surface area (Å²) in [5.41, 5.74) is 0.805. The number of benzene rings is 1. The second kappa shape index (κ2) is 7.74. The van der Waals surface area contributed by atoms with Crippen LogP contribution in [-0.4, -0.2) is 57.3 Å². The molecule has 0 radical (unpaired) electrons. The first-order valence-corrected chi connectivity index (χ1v) is 8.54. The van der Waals surface area contributed by atoms with Gasteiger partial charge >= 0.3 is 5.97 Å². The van der Waals surface area contributed by atoms with Crippen molar-refractivity contribution in [2.75, 3.05) is 13.1 Å². The summed E-state index contributed by atoms with van der Waals surface area (Å²) >= 11 is 0. The number of carboxylic acid groups (broad SMARTS) is 1. The minimum absolute atomic E-state index is 0.0189. The quantitative estimate of drug-likeness (QED) is 0.645. The Morgan fingerprint density at radius 2 is 1.72 bits per heavy atom. The Bertz CT molecular complexity index is 651. The Kier molecular flexibility index (Phi) is 5.89. The highest BCUT2D eigenvalue weighted by Crippen LogP contribution is 2.33. The number of carbonyl (C=O) groups excluding carboxylic acids is 1. The summed E-state index contributed by atoms with van der Waals surface area (Å²) in [5, 5.41) is 31.9. The molecule has 138 valence electrons. The first-order chi connectivity index (χ1) is 11.7. The summed E-state index contributed by atoms with van der Waals surface area (Å²) in [6.45, 7) is 6.38. The molecule has 1 amide bonds. The lowest BCUT2D eigenvalue weighted by molar-refractivity contribution is -0.139. The van der Waals surface area contributed by atoms with Crippen molar-refractivity contribution in [2.24, 2.45) is 0 Å². The number of carbonyl (C=O) groups is 2. The average molecular weight is 350 g/mol. The average Bonchev–Trinajstić information content (AvgIpc) is 2.54. The maximum Gasteiger partial charge on any atom is 0.320 e. The molecule has 1 saturated heterocycles.